The van der Waals surface area contributed by atoms with Crippen molar-refractivity contribution >= 4 is 11.8 Å². The Hall–Kier alpha value is -2.00. The van der Waals surface area contributed by atoms with Crippen molar-refractivity contribution in [3.8, 4) is 0 Å². The normalized spacial score (nSPS) is 17.6. The Morgan fingerprint density at radius 1 is 1.09 bits per heavy atom. The molecule has 7 N–H and O–H groups in total. The average Bonchev–Trinajstić information content (AvgIpc) is 2.52. The van der Waals surface area contributed by atoms with Crippen molar-refractivity contribution in [2.45, 2.75) is 43.8 Å². The van der Waals surface area contributed by atoms with E-state index in [0.29, 0.717) is 0 Å². The first-order valence-electron chi connectivity index (χ1n) is 7.10. The number of carbonyl (C=O) groups excluding carboxylic acids is 2. The number of aliphatic hydroxyl groups excluding tert-OH is 4. The molecular formula is C15H22N2O6. The first kappa shape index (κ1) is 19.0. The maximum Gasteiger partial charge on any atom is 0.252 e. The van der Waals surface area contributed by atoms with Crippen molar-refractivity contribution in [1.82, 2.24) is 5.32 Å². The van der Waals surface area contributed by atoms with Crippen LogP contribution in [0.15, 0.2) is 30.3 Å². The highest BCUT2D eigenvalue weighted by molar-refractivity contribution is 5.88. The molecule has 128 valence electrons. The molecule has 5 atom stereocenters. The summed E-state index contributed by atoms with van der Waals surface area (Å²) >= 11 is 0. The van der Waals surface area contributed by atoms with Crippen molar-refractivity contribution in [1.29, 1.82) is 0 Å². The molecule has 2 amide bonds. The van der Waals surface area contributed by atoms with Crippen LogP contribution >= 0.6 is 0 Å². The minimum Gasteiger partial charge on any atom is -0.391 e. The maximum absolute atomic E-state index is 11.9. The fraction of sp³-hybridized carbons (Fsp3) is 0.467. The van der Waals surface area contributed by atoms with Crippen LogP contribution in [0.4, 0.5) is 0 Å². The molecule has 0 aromatic heterocycles. The average molecular weight is 326 g/mol. The number of hydrogen-bond acceptors (Lipinski definition) is 6. The first-order chi connectivity index (χ1) is 10.7. The summed E-state index contributed by atoms with van der Waals surface area (Å²) in [6.07, 6.45) is -6.86. The lowest BCUT2D eigenvalue weighted by Gasteiger charge is -2.25. The summed E-state index contributed by atoms with van der Waals surface area (Å²) in [5, 5.41) is 40.2. The van der Waals surface area contributed by atoms with Gasteiger partial charge in [-0.2, -0.15) is 0 Å². The van der Waals surface area contributed by atoms with E-state index < -0.39 is 42.3 Å². The van der Waals surface area contributed by atoms with Crippen LogP contribution in [-0.2, 0) is 16.0 Å². The molecule has 0 saturated carbocycles. The highest BCUT2D eigenvalue weighted by atomic mass is 16.4. The van der Waals surface area contributed by atoms with Gasteiger partial charge in [0.1, 0.15) is 18.2 Å². The summed E-state index contributed by atoms with van der Waals surface area (Å²) in [4.78, 5) is 23.3. The third kappa shape index (κ3) is 5.61. The Bertz CT molecular complexity index is 522. The van der Waals surface area contributed by atoms with E-state index in [4.69, 9.17) is 10.8 Å². The molecule has 0 unspecified atom stereocenters. The number of carbonyl (C=O) groups is 2. The van der Waals surface area contributed by atoms with Crippen molar-refractivity contribution in [2.75, 3.05) is 0 Å². The van der Waals surface area contributed by atoms with Gasteiger partial charge in [-0.1, -0.05) is 30.3 Å². The zero-order valence-electron chi connectivity index (χ0n) is 12.7. The predicted octanol–water partition coefficient (Wildman–Crippen LogP) is -2.34. The Morgan fingerprint density at radius 3 is 2.13 bits per heavy atom. The molecule has 0 bridgehead atoms. The van der Waals surface area contributed by atoms with E-state index in [-0.39, 0.29) is 6.42 Å². The Morgan fingerprint density at radius 2 is 1.65 bits per heavy atom. The van der Waals surface area contributed by atoms with E-state index in [2.05, 4.69) is 5.32 Å². The molecular weight excluding hydrogens is 304 g/mol. The van der Waals surface area contributed by atoms with E-state index in [1.807, 2.05) is 0 Å². The van der Waals surface area contributed by atoms with Gasteiger partial charge in [0.25, 0.3) is 5.91 Å². The molecule has 0 heterocycles. The van der Waals surface area contributed by atoms with Crippen LogP contribution in [0.5, 0.6) is 0 Å². The summed E-state index contributed by atoms with van der Waals surface area (Å²) in [5.74, 6) is -1.88. The molecule has 8 heteroatoms. The number of aliphatic hydroxyl groups is 4. The van der Waals surface area contributed by atoms with E-state index in [1.165, 1.54) is 6.92 Å². The van der Waals surface area contributed by atoms with Gasteiger partial charge in [0.05, 0.1) is 6.10 Å². The molecule has 23 heavy (non-hydrogen) atoms. The standard InChI is InChI=1S/C15H22N2O6/c1-8(18)11(19)12(20)13(21)15(23)17-10(14(16)22)7-9-5-3-2-4-6-9/h2-6,8,10-13,18-21H,7H2,1H3,(H2,16,22)(H,17,23)/t8-,10+,11+,12+,13-/m1/s1. The lowest BCUT2D eigenvalue weighted by atomic mass is 10.0. The van der Waals surface area contributed by atoms with Crippen LogP contribution in [0.3, 0.4) is 0 Å². The molecule has 0 fully saturated rings. The highest BCUT2D eigenvalue weighted by Crippen LogP contribution is 2.07. The Kier molecular flexibility index (Phi) is 7.11. The summed E-state index contributed by atoms with van der Waals surface area (Å²) in [5.41, 5.74) is 5.98. The fourth-order valence-electron chi connectivity index (χ4n) is 1.96. The molecule has 8 nitrogen and oxygen atoms in total. The van der Waals surface area contributed by atoms with Crippen LogP contribution < -0.4 is 11.1 Å². The molecule has 0 saturated heterocycles. The predicted molar refractivity (Wildman–Crippen MR) is 81.0 cm³/mol. The Balaban J connectivity index is 2.72. The zero-order valence-corrected chi connectivity index (χ0v) is 12.7. The van der Waals surface area contributed by atoms with E-state index in [1.54, 1.807) is 30.3 Å². The zero-order chi connectivity index (χ0) is 17.6. The van der Waals surface area contributed by atoms with Gasteiger partial charge in [-0.3, -0.25) is 9.59 Å². The van der Waals surface area contributed by atoms with Gasteiger partial charge >= 0.3 is 0 Å². The number of hydrogen-bond donors (Lipinski definition) is 6. The van der Waals surface area contributed by atoms with E-state index in [0.717, 1.165) is 5.56 Å². The number of nitrogens with two attached hydrogens (primary N) is 1. The number of primary amides is 1. The van der Waals surface area contributed by atoms with Crippen molar-refractivity contribution in [3.63, 3.8) is 0 Å². The minimum atomic E-state index is -2.02. The van der Waals surface area contributed by atoms with Crippen LogP contribution in [0.1, 0.15) is 12.5 Å². The second-order valence-corrected chi connectivity index (χ2v) is 5.32. The van der Waals surface area contributed by atoms with Gasteiger partial charge in [0.15, 0.2) is 6.10 Å². The molecule has 1 aromatic carbocycles. The van der Waals surface area contributed by atoms with Crippen molar-refractivity contribution < 1.29 is 30.0 Å². The van der Waals surface area contributed by atoms with Gasteiger partial charge in [-0.05, 0) is 12.5 Å². The molecule has 1 rings (SSSR count). The van der Waals surface area contributed by atoms with Gasteiger partial charge in [-0.15, -0.1) is 0 Å². The summed E-state index contributed by atoms with van der Waals surface area (Å²) in [7, 11) is 0. The molecule has 0 spiro atoms. The molecule has 0 aliphatic carbocycles. The molecule has 0 radical (unpaired) electrons. The summed E-state index contributed by atoms with van der Waals surface area (Å²) in [6, 6.07) is 7.70. The largest absolute Gasteiger partial charge is 0.391 e. The highest BCUT2D eigenvalue weighted by Gasteiger charge is 2.34. The van der Waals surface area contributed by atoms with Crippen LogP contribution in [0.25, 0.3) is 0 Å². The topological polar surface area (TPSA) is 153 Å². The minimum absolute atomic E-state index is 0.115. The van der Waals surface area contributed by atoms with Crippen molar-refractivity contribution in [2.24, 2.45) is 5.73 Å². The first-order valence-corrected chi connectivity index (χ1v) is 7.10. The monoisotopic (exact) mass is 326 g/mol. The number of rotatable bonds is 8. The van der Waals surface area contributed by atoms with Crippen molar-refractivity contribution in [3.05, 3.63) is 35.9 Å². The summed E-state index contributed by atoms with van der Waals surface area (Å²) in [6.45, 7) is 1.19. The number of amides is 2. The Labute approximate surface area is 133 Å². The van der Waals surface area contributed by atoms with Crippen LogP contribution in [-0.4, -0.2) is 62.7 Å². The van der Waals surface area contributed by atoms with Gasteiger partial charge in [0.2, 0.25) is 5.91 Å². The number of nitrogens with one attached hydrogen (secondary N) is 1. The molecule has 0 aliphatic heterocycles. The second kappa shape index (κ2) is 8.59. The van der Waals surface area contributed by atoms with E-state index in [9.17, 15) is 24.9 Å². The second-order valence-electron chi connectivity index (χ2n) is 5.32. The van der Waals surface area contributed by atoms with Gasteiger partial charge in [0, 0.05) is 6.42 Å². The quantitative estimate of drug-likeness (QED) is 0.315. The van der Waals surface area contributed by atoms with Gasteiger partial charge in [-0.25, -0.2) is 0 Å². The maximum atomic E-state index is 11.9. The molecule has 0 aliphatic rings. The van der Waals surface area contributed by atoms with E-state index >= 15 is 0 Å². The van der Waals surface area contributed by atoms with Crippen LogP contribution in [0.2, 0.25) is 0 Å². The third-order valence-electron chi connectivity index (χ3n) is 3.38. The van der Waals surface area contributed by atoms with Gasteiger partial charge < -0.3 is 31.5 Å². The lowest BCUT2D eigenvalue weighted by molar-refractivity contribution is -0.147. The fourth-order valence-corrected chi connectivity index (χ4v) is 1.96. The van der Waals surface area contributed by atoms with Crippen LogP contribution in [0, 0.1) is 0 Å². The molecule has 1 aromatic rings. The SMILES string of the molecule is C[C@@H](O)[C@H](O)[C@H](O)[C@@H](O)C(=O)N[C@@H](Cc1ccccc1)C(N)=O. The smallest absolute Gasteiger partial charge is 0.252 e. The lowest BCUT2D eigenvalue weighted by Crippen LogP contribution is -2.55. The summed E-state index contributed by atoms with van der Waals surface area (Å²) < 4.78 is 0. The number of benzene rings is 1. The third-order valence-corrected chi connectivity index (χ3v) is 3.38.